The molecule has 0 amide bonds. The minimum Gasteiger partial charge on any atom is -0.508 e. The highest BCUT2D eigenvalue weighted by Gasteiger charge is 2.15. The summed E-state index contributed by atoms with van der Waals surface area (Å²) < 4.78 is 0. The normalized spacial score (nSPS) is 13.4. The summed E-state index contributed by atoms with van der Waals surface area (Å²) in [6.07, 6.45) is 0. The van der Waals surface area contributed by atoms with Crippen LogP contribution in [0.3, 0.4) is 0 Å². The Morgan fingerprint density at radius 3 is 2.41 bits per heavy atom. The molecule has 3 heteroatoms. The van der Waals surface area contributed by atoms with Crippen molar-refractivity contribution >= 4 is 0 Å². The van der Waals surface area contributed by atoms with Crippen molar-refractivity contribution in [3.8, 4) is 5.75 Å². The van der Waals surface area contributed by atoms with Gasteiger partial charge in [-0.2, -0.15) is 0 Å². The first-order chi connectivity index (χ1) is 7.91. The summed E-state index contributed by atoms with van der Waals surface area (Å²) in [7, 11) is 6.24. The first-order valence-electron chi connectivity index (χ1n) is 6.06. The number of hydrogen-bond acceptors (Lipinski definition) is 3. The van der Waals surface area contributed by atoms with Gasteiger partial charge in [-0.25, -0.2) is 0 Å². The zero-order chi connectivity index (χ0) is 13.0. The third kappa shape index (κ3) is 4.02. The van der Waals surface area contributed by atoms with Crippen molar-refractivity contribution in [3.05, 3.63) is 29.3 Å². The molecule has 0 fully saturated rings. The molecule has 1 unspecified atom stereocenters. The van der Waals surface area contributed by atoms with Gasteiger partial charge < -0.3 is 10.0 Å². The fourth-order valence-electron chi connectivity index (χ4n) is 1.80. The van der Waals surface area contributed by atoms with Crippen LogP contribution >= 0.6 is 0 Å². The van der Waals surface area contributed by atoms with Crippen molar-refractivity contribution in [3.63, 3.8) is 0 Å². The van der Waals surface area contributed by atoms with E-state index in [-0.39, 0.29) is 6.04 Å². The molecular weight excluding hydrogens is 212 g/mol. The van der Waals surface area contributed by atoms with Crippen molar-refractivity contribution in [2.24, 2.45) is 0 Å². The van der Waals surface area contributed by atoms with Gasteiger partial charge in [0.05, 0.1) is 0 Å². The highest BCUT2D eigenvalue weighted by molar-refractivity contribution is 5.37. The molecule has 1 aromatic rings. The van der Waals surface area contributed by atoms with Gasteiger partial charge in [-0.05, 0) is 41.1 Å². The lowest BCUT2D eigenvalue weighted by atomic mass is 10.0. The summed E-state index contributed by atoms with van der Waals surface area (Å²) in [5.74, 6) is 0.389. The third-order valence-electron chi connectivity index (χ3n) is 3.19. The minimum atomic E-state index is 0.231. The summed E-state index contributed by atoms with van der Waals surface area (Å²) in [6, 6.07) is 6.01. The highest BCUT2D eigenvalue weighted by Crippen LogP contribution is 2.28. The van der Waals surface area contributed by atoms with Crippen LogP contribution < -0.4 is 0 Å². The van der Waals surface area contributed by atoms with Crippen LogP contribution in [-0.4, -0.2) is 49.1 Å². The Balaban J connectivity index is 2.74. The van der Waals surface area contributed by atoms with Crippen molar-refractivity contribution in [2.45, 2.75) is 19.9 Å². The molecule has 0 aliphatic carbocycles. The van der Waals surface area contributed by atoms with E-state index in [4.69, 9.17) is 0 Å². The second-order valence-electron chi connectivity index (χ2n) is 5.02. The number of benzene rings is 1. The van der Waals surface area contributed by atoms with Crippen LogP contribution in [0.2, 0.25) is 0 Å². The molecule has 0 aliphatic rings. The number of aromatic hydroxyl groups is 1. The van der Waals surface area contributed by atoms with Gasteiger partial charge in [0.25, 0.3) is 0 Å². The molecule has 3 nitrogen and oxygen atoms in total. The van der Waals surface area contributed by atoms with E-state index in [1.807, 2.05) is 6.07 Å². The predicted octanol–water partition coefficient (Wildman–Crippen LogP) is 2.26. The van der Waals surface area contributed by atoms with E-state index in [1.54, 1.807) is 6.07 Å². The number of hydrogen-bond donors (Lipinski definition) is 1. The van der Waals surface area contributed by atoms with Crippen LogP contribution in [0, 0.1) is 6.92 Å². The minimum absolute atomic E-state index is 0.231. The maximum atomic E-state index is 9.89. The molecule has 1 aromatic carbocycles. The summed E-state index contributed by atoms with van der Waals surface area (Å²) in [5, 5.41) is 9.89. The Kier molecular flexibility index (Phi) is 4.97. The average molecular weight is 236 g/mol. The lowest BCUT2D eigenvalue weighted by molar-refractivity contribution is 0.228. The van der Waals surface area contributed by atoms with Gasteiger partial charge in [-0.15, -0.1) is 0 Å². The summed E-state index contributed by atoms with van der Waals surface area (Å²) in [5.41, 5.74) is 2.19. The van der Waals surface area contributed by atoms with Crippen molar-refractivity contribution < 1.29 is 5.11 Å². The molecule has 0 aromatic heterocycles. The Bertz CT molecular complexity index is 363. The number of phenolic OH excluding ortho intramolecular Hbond substituents is 1. The van der Waals surface area contributed by atoms with Crippen LogP contribution in [0.15, 0.2) is 18.2 Å². The SMILES string of the molecule is Cc1ccc(O)c(C(C)N(C)CCN(C)C)c1. The maximum absolute atomic E-state index is 9.89. The van der Waals surface area contributed by atoms with E-state index in [9.17, 15) is 5.11 Å². The van der Waals surface area contributed by atoms with Crippen molar-refractivity contribution in [2.75, 3.05) is 34.2 Å². The quantitative estimate of drug-likeness (QED) is 0.849. The zero-order valence-corrected chi connectivity index (χ0v) is 11.6. The monoisotopic (exact) mass is 236 g/mol. The van der Waals surface area contributed by atoms with Gasteiger partial charge >= 0.3 is 0 Å². The molecule has 0 saturated heterocycles. The van der Waals surface area contributed by atoms with Crippen LogP contribution in [0.4, 0.5) is 0 Å². The lowest BCUT2D eigenvalue weighted by Crippen LogP contribution is -2.30. The Labute approximate surface area is 105 Å². The number of phenols is 1. The second-order valence-corrected chi connectivity index (χ2v) is 5.02. The highest BCUT2D eigenvalue weighted by atomic mass is 16.3. The molecule has 17 heavy (non-hydrogen) atoms. The van der Waals surface area contributed by atoms with Crippen LogP contribution in [0.5, 0.6) is 5.75 Å². The number of rotatable bonds is 5. The third-order valence-corrected chi connectivity index (χ3v) is 3.19. The Hall–Kier alpha value is -1.06. The summed E-state index contributed by atoms with van der Waals surface area (Å²) in [6.45, 7) is 6.19. The van der Waals surface area contributed by atoms with E-state index in [0.717, 1.165) is 18.7 Å². The molecular formula is C14H24N2O. The maximum Gasteiger partial charge on any atom is 0.120 e. The summed E-state index contributed by atoms with van der Waals surface area (Å²) >= 11 is 0. The van der Waals surface area contributed by atoms with Gasteiger partial charge in [-0.1, -0.05) is 17.7 Å². The predicted molar refractivity (Wildman–Crippen MR) is 72.4 cm³/mol. The van der Waals surface area contributed by atoms with E-state index in [0.29, 0.717) is 5.75 Å². The van der Waals surface area contributed by atoms with E-state index in [1.165, 1.54) is 5.56 Å². The molecule has 0 saturated carbocycles. The van der Waals surface area contributed by atoms with Gasteiger partial charge in [0.2, 0.25) is 0 Å². The molecule has 96 valence electrons. The average Bonchev–Trinajstić information content (AvgIpc) is 2.28. The molecule has 1 N–H and O–H groups in total. The van der Waals surface area contributed by atoms with Crippen LogP contribution in [0.1, 0.15) is 24.1 Å². The van der Waals surface area contributed by atoms with Crippen molar-refractivity contribution in [1.29, 1.82) is 0 Å². The number of likely N-dealkylation sites (N-methyl/N-ethyl adjacent to an activating group) is 2. The molecule has 0 spiro atoms. The Morgan fingerprint density at radius 2 is 1.82 bits per heavy atom. The molecule has 0 radical (unpaired) electrons. The molecule has 0 aliphatic heterocycles. The molecule has 1 atom stereocenters. The van der Waals surface area contributed by atoms with Gasteiger partial charge in [0, 0.05) is 24.7 Å². The topological polar surface area (TPSA) is 26.7 Å². The molecule has 0 bridgehead atoms. The van der Waals surface area contributed by atoms with Gasteiger partial charge in [0.1, 0.15) is 5.75 Å². The summed E-state index contributed by atoms with van der Waals surface area (Å²) in [4.78, 5) is 4.42. The molecule has 1 rings (SSSR count). The molecule has 0 heterocycles. The smallest absolute Gasteiger partial charge is 0.120 e. The first-order valence-corrected chi connectivity index (χ1v) is 6.06. The fourth-order valence-corrected chi connectivity index (χ4v) is 1.80. The van der Waals surface area contributed by atoms with Gasteiger partial charge in [0.15, 0.2) is 0 Å². The van der Waals surface area contributed by atoms with E-state index >= 15 is 0 Å². The van der Waals surface area contributed by atoms with Crippen LogP contribution in [0.25, 0.3) is 0 Å². The van der Waals surface area contributed by atoms with Crippen molar-refractivity contribution in [1.82, 2.24) is 9.80 Å². The first kappa shape index (κ1) is 14.0. The van der Waals surface area contributed by atoms with E-state index < -0.39 is 0 Å². The largest absolute Gasteiger partial charge is 0.508 e. The second kappa shape index (κ2) is 6.03. The van der Waals surface area contributed by atoms with Crippen LogP contribution in [-0.2, 0) is 0 Å². The lowest BCUT2D eigenvalue weighted by Gasteiger charge is -2.27. The zero-order valence-electron chi connectivity index (χ0n) is 11.6. The Morgan fingerprint density at radius 1 is 1.18 bits per heavy atom. The number of nitrogens with zero attached hydrogens (tertiary/aromatic N) is 2. The van der Waals surface area contributed by atoms with E-state index in [2.05, 4.69) is 50.9 Å². The van der Waals surface area contributed by atoms with Gasteiger partial charge in [-0.3, -0.25) is 4.90 Å². The number of aryl methyl sites for hydroxylation is 1. The fraction of sp³-hybridized carbons (Fsp3) is 0.571. The standard InChI is InChI=1S/C14H24N2O/c1-11-6-7-14(17)13(10-11)12(2)16(5)9-8-15(3)4/h6-7,10,12,17H,8-9H2,1-5H3.